The van der Waals surface area contributed by atoms with Gasteiger partial charge in [0.25, 0.3) is 0 Å². The minimum atomic E-state index is -0.257. The van der Waals surface area contributed by atoms with E-state index in [1.807, 2.05) is 0 Å². The molecule has 0 spiro atoms. The van der Waals surface area contributed by atoms with E-state index in [0.717, 1.165) is 13.0 Å². The molecule has 0 rings (SSSR count). The van der Waals surface area contributed by atoms with E-state index in [1.165, 1.54) is 0 Å². The van der Waals surface area contributed by atoms with Crippen LogP contribution in [0.2, 0.25) is 0 Å². The third kappa shape index (κ3) is 115. The Bertz CT molecular complexity index is 1350. The van der Waals surface area contributed by atoms with Crippen LogP contribution in [0.15, 0.2) is 0 Å². The Morgan fingerprint density at radius 2 is 0.261 bits per heavy atom. The van der Waals surface area contributed by atoms with Crippen molar-refractivity contribution in [2.24, 2.45) is 0 Å². The zero-order chi connectivity index (χ0) is 83.0. The van der Waals surface area contributed by atoms with Crippen molar-refractivity contribution in [1.29, 1.82) is 0 Å². The molecule has 0 radical (unpaired) electrons. The molecule has 0 amide bonds. The van der Waals surface area contributed by atoms with E-state index in [2.05, 4.69) is 6.92 Å². The highest BCUT2D eigenvalue weighted by Crippen LogP contribution is 2.04. The number of rotatable bonds is 87. The third-order valence-electron chi connectivity index (χ3n) is 12.3. The fraction of sp³-hybridized carbons (Fsp3) is 1.00. The molecule has 17 N–H and O–H groups in total. The van der Waals surface area contributed by atoms with Gasteiger partial charge < -0.3 is 200 Å². The first-order chi connectivity index (χ1) is 54.6. The van der Waals surface area contributed by atoms with Crippen molar-refractivity contribution in [1.82, 2.24) is 0 Å². The minimum absolute atomic E-state index is 0.000318. The van der Waals surface area contributed by atoms with Crippen LogP contribution in [-0.2, 0) is 114 Å². The Morgan fingerprint density at radius 3 is 0.423 bits per heavy atom. The molecule has 41 nitrogen and oxygen atoms in total. The van der Waals surface area contributed by atoms with Crippen molar-refractivity contribution in [2.75, 3.05) is 390 Å². The van der Waals surface area contributed by atoms with Crippen LogP contribution in [0.3, 0.4) is 0 Å². The van der Waals surface area contributed by atoms with Crippen molar-refractivity contribution in [3.63, 3.8) is 0 Å². The fourth-order valence-corrected chi connectivity index (χ4v) is 7.40. The molecule has 0 aromatic carbocycles. The van der Waals surface area contributed by atoms with Crippen LogP contribution in [0.4, 0.5) is 0 Å². The van der Waals surface area contributed by atoms with Gasteiger partial charge in [0.2, 0.25) is 0 Å². The van der Waals surface area contributed by atoms with Crippen LogP contribution in [0.5, 0.6) is 0 Å². The molecular formula is C70H152O41. The van der Waals surface area contributed by atoms with E-state index >= 15 is 0 Å². The summed E-state index contributed by atoms with van der Waals surface area (Å²) in [4.78, 5) is 0. The molecule has 0 fully saturated rings. The molecule has 111 heavy (non-hydrogen) atoms. The highest BCUT2D eigenvalue weighted by molar-refractivity contribution is 4.61. The standard InChI is InChI=1S/C14H30O7.2C13H28O8.3C10H22O6/c1-2-5-17-8-9-20-13-14(12-19-7-4-16)21-11-10-18-6-3-15;2*14-1-4-17-7-8-20-12-13(11-19-6-3-16)21-10-9-18-5-2-15;3*11-2-1-10(9-15-6-4-13)16-8-7-14-5-3-12/h14-16H,2-13H2,1H3;2*13-16H,1-12H2;3*10-13H,1-9H2. The summed E-state index contributed by atoms with van der Waals surface area (Å²) < 4.78 is 126. The van der Waals surface area contributed by atoms with E-state index in [4.69, 9.17) is 200 Å². The first kappa shape index (κ1) is 120. The van der Waals surface area contributed by atoms with Gasteiger partial charge in [0.15, 0.2) is 0 Å². The highest BCUT2D eigenvalue weighted by Gasteiger charge is 2.15. The van der Waals surface area contributed by atoms with Gasteiger partial charge in [-0.05, 0) is 25.7 Å². The molecule has 0 aliphatic rings. The van der Waals surface area contributed by atoms with Crippen molar-refractivity contribution < 1.29 is 200 Å². The lowest BCUT2D eigenvalue weighted by atomic mass is 10.3. The summed E-state index contributed by atoms with van der Waals surface area (Å²) in [5.41, 5.74) is 0. The SMILES string of the molecule is CCCOCCOCC(COCCO)OCCOCCO.OCCOCCOC(CCO)COCCO.OCCOCCOC(CCO)COCCO.OCCOCCOC(CCO)COCCO.OCCOCCOCC(COCCO)OCCOCCO.OCCOCCOCC(COCCO)OCCOCCO. The maximum Gasteiger partial charge on any atom is 0.104 e. The maximum atomic E-state index is 8.78. The summed E-state index contributed by atoms with van der Waals surface area (Å²) in [5.74, 6) is 0. The monoisotopic (exact) mass is 1650 g/mol. The lowest BCUT2D eigenvalue weighted by Gasteiger charge is -2.18. The Kier molecular flexibility index (Phi) is 127. The van der Waals surface area contributed by atoms with Crippen LogP contribution in [0.25, 0.3) is 0 Å². The molecule has 6 atom stereocenters. The van der Waals surface area contributed by atoms with E-state index in [0.29, 0.717) is 237 Å². The van der Waals surface area contributed by atoms with Gasteiger partial charge in [-0.3, -0.25) is 0 Å². The summed E-state index contributed by atoms with van der Waals surface area (Å²) in [5, 5.41) is 146. The van der Waals surface area contributed by atoms with Gasteiger partial charge in [-0.2, -0.15) is 0 Å². The second kappa shape index (κ2) is 117. The Balaban J connectivity index is -0.000000299. The second-order valence-corrected chi connectivity index (χ2v) is 21.8. The molecule has 0 aromatic rings. The Hall–Kier alpha value is -1.64. The number of aliphatic hydroxyl groups is 17. The van der Waals surface area contributed by atoms with Gasteiger partial charge in [-0.15, -0.1) is 0 Å². The lowest BCUT2D eigenvalue weighted by Crippen LogP contribution is -2.28. The first-order valence-corrected chi connectivity index (χ1v) is 38.0. The predicted molar refractivity (Wildman–Crippen MR) is 398 cm³/mol. The third-order valence-corrected chi connectivity index (χ3v) is 12.3. The summed E-state index contributed by atoms with van der Waals surface area (Å²) in [6.45, 7) is 17.2. The Labute approximate surface area is 657 Å². The molecule has 0 bridgehead atoms. The minimum Gasteiger partial charge on any atom is -0.396 e. The molecule has 678 valence electrons. The van der Waals surface area contributed by atoms with Crippen LogP contribution >= 0.6 is 0 Å². The average molecular weight is 1650 g/mol. The second-order valence-electron chi connectivity index (χ2n) is 21.8. The van der Waals surface area contributed by atoms with Crippen LogP contribution in [0, 0.1) is 0 Å². The quantitative estimate of drug-likeness (QED) is 0.0252. The molecule has 0 aliphatic heterocycles. The molecule has 41 heteroatoms. The fourth-order valence-electron chi connectivity index (χ4n) is 7.40. The smallest absolute Gasteiger partial charge is 0.104 e. The normalized spacial score (nSPS) is 12.8. The van der Waals surface area contributed by atoms with Crippen LogP contribution in [0.1, 0.15) is 32.6 Å². The van der Waals surface area contributed by atoms with Crippen molar-refractivity contribution in [3.8, 4) is 0 Å². The lowest BCUT2D eigenvalue weighted by molar-refractivity contribution is -0.0825. The maximum absolute atomic E-state index is 8.78. The van der Waals surface area contributed by atoms with Crippen molar-refractivity contribution in [2.45, 2.75) is 69.2 Å². The zero-order valence-corrected chi connectivity index (χ0v) is 66.4. The van der Waals surface area contributed by atoms with E-state index in [9.17, 15) is 0 Å². The molecule has 0 saturated heterocycles. The molecule has 0 heterocycles. The van der Waals surface area contributed by atoms with E-state index < -0.39 is 0 Å². The molecule has 0 aliphatic carbocycles. The van der Waals surface area contributed by atoms with Gasteiger partial charge in [-0.25, -0.2) is 0 Å². The number of ether oxygens (including phenoxy) is 24. The van der Waals surface area contributed by atoms with Crippen LogP contribution in [-0.4, -0.2) is 513 Å². The number of aliphatic hydroxyl groups excluding tert-OH is 17. The van der Waals surface area contributed by atoms with E-state index in [-0.39, 0.29) is 202 Å². The van der Waals surface area contributed by atoms with Crippen molar-refractivity contribution >= 4 is 0 Å². The highest BCUT2D eigenvalue weighted by atomic mass is 16.6. The van der Waals surface area contributed by atoms with Crippen molar-refractivity contribution in [3.05, 3.63) is 0 Å². The van der Waals surface area contributed by atoms with Gasteiger partial charge in [0.1, 0.15) is 18.3 Å². The predicted octanol–water partition coefficient (Wildman–Crippen LogP) is -7.02. The molecule has 6 unspecified atom stereocenters. The van der Waals surface area contributed by atoms with Gasteiger partial charge >= 0.3 is 0 Å². The molecular weight excluding hydrogens is 1500 g/mol. The summed E-state index contributed by atoms with van der Waals surface area (Å²) in [6.07, 6.45) is 1.19. The largest absolute Gasteiger partial charge is 0.396 e. The van der Waals surface area contributed by atoms with Gasteiger partial charge in [0.05, 0.1) is 382 Å². The van der Waals surface area contributed by atoms with E-state index in [1.54, 1.807) is 0 Å². The summed E-state index contributed by atoms with van der Waals surface area (Å²) >= 11 is 0. The molecule has 0 aromatic heterocycles. The summed E-state index contributed by atoms with van der Waals surface area (Å²) in [6, 6.07) is 0. The first-order valence-electron chi connectivity index (χ1n) is 38.0. The van der Waals surface area contributed by atoms with Gasteiger partial charge in [-0.1, -0.05) is 6.92 Å². The average Bonchev–Trinajstić information content (AvgIpc) is 1.13. The number of hydrogen-bond acceptors (Lipinski definition) is 41. The molecule has 0 saturated carbocycles. The van der Waals surface area contributed by atoms with Gasteiger partial charge in [0, 0.05) is 26.4 Å². The Morgan fingerprint density at radius 1 is 0.135 bits per heavy atom. The zero-order valence-electron chi connectivity index (χ0n) is 66.4. The van der Waals surface area contributed by atoms with Crippen LogP contribution < -0.4 is 0 Å². The summed E-state index contributed by atoms with van der Waals surface area (Å²) in [7, 11) is 0. The topological polar surface area (TPSA) is 565 Å². The number of hydrogen-bond donors (Lipinski definition) is 17.